The molecule has 0 aliphatic rings. The van der Waals surface area contributed by atoms with Gasteiger partial charge < -0.3 is 0 Å². The van der Waals surface area contributed by atoms with E-state index in [1.807, 2.05) is 0 Å². The predicted octanol–water partition coefficient (Wildman–Crippen LogP) is 3.46. The summed E-state index contributed by atoms with van der Waals surface area (Å²) in [7, 11) is 0. The minimum atomic E-state index is 1.12. The van der Waals surface area contributed by atoms with Crippen LogP contribution in [0.15, 0.2) is 18.2 Å². The zero-order valence-corrected chi connectivity index (χ0v) is 8.44. The Balaban J connectivity index is 2.86. The van der Waals surface area contributed by atoms with Gasteiger partial charge in [-0.3, -0.25) is 0 Å². The Hall–Kier alpha value is -0.780. The molecule has 0 bridgehead atoms. The summed E-state index contributed by atoms with van der Waals surface area (Å²) >= 11 is 0. The van der Waals surface area contributed by atoms with Crippen LogP contribution in [-0.4, -0.2) is 0 Å². The fourth-order valence-electron chi connectivity index (χ4n) is 1.43. The maximum atomic E-state index is 2.25. The van der Waals surface area contributed by atoms with Gasteiger partial charge in [0.15, 0.2) is 0 Å². The standard InChI is InChI=1S/C12H17/c1-9(2)7-12-6-5-10(3)8-11(12)4/h5-6,8H,7H2,1-4H3. The van der Waals surface area contributed by atoms with E-state index in [0.29, 0.717) is 0 Å². The van der Waals surface area contributed by atoms with Crippen LogP contribution in [0, 0.1) is 19.8 Å². The van der Waals surface area contributed by atoms with E-state index in [2.05, 4.69) is 45.9 Å². The number of hydrogen-bond donors (Lipinski definition) is 0. The van der Waals surface area contributed by atoms with E-state index in [0.717, 1.165) is 6.42 Å². The lowest BCUT2D eigenvalue weighted by Crippen LogP contribution is -1.95. The van der Waals surface area contributed by atoms with Gasteiger partial charge in [-0.2, -0.15) is 0 Å². The van der Waals surface area contributed by atoms with Crippen LogP contribution < -0.4 is 0 Å². The molecule has 1 radical (unpaired) electrons. The van der Waals surface area contributed by atoms with Gasteiger partial charge in [0.25, 0.3) is 0 Å². The highest BCUT2D eigenvalue weighted by molar-refractivity contribution is 5.31. The Morgan fingerprint density at radius 1 is 1.17 bits per heavy atom. The van der Waals surface area contributed by atoms with E-state index in [1.54, 1.807) is 0 Å². The lowest BCUT2D eigenvalue weighted by Gasteiger charge is -2.08. The minimum Gasteiger partial charge on any atom is -0.0591 e. The van der Waals surface area contributed by atoms with Crippen molar-refractivity contribution in [2.45, 2.75) is 34.1 Å². The first kappa shape index (κ1) is 9.31. The summed E-state index contributed by atoms with van der Waals surface area (Å²) in [6.07, 6.45) is 1.12. The van der Waals surface area contributed by atoms with Gasteiger partial charge in [-0.25, -0.2) is 0 Å². The summed E-state index contributed by atoms with van der Waals surface area (Å²) in [5.74, 6) is 1.47. The molecule has 0 N–H and O–H groups in total. The second kappa shape index (κ2) is 3.75. The van der Waals surface area contributed by atoms with E-state index in [-0.39, 0.29) is 0 Å². The van der Waals surface area contributed by atoms with Crippen molar-refractivity contribution in [3.05, 3.63) is 40.8 Å². The Labute approximate surface area is 75.6 Å². The topological polar surface area (TPSA) is 0 Å². The maximum Gasteiger partial charge on any atom is -0.0219 e. The molecule has 0 spiro atoms. The summed E-state index contributed by atoms with van der Waals surface area (Å²) in [4.78, 5) is 0. The molecular formula is C12H17. The quantitative estimate of drug-likeness (QED) is 0.623. The van der Waals surface area contributed by atoms with Gasteiger partial charge >= 0.3 is 0 Å². The summed E-state index contributed by atoms with van der Waals surface area (Å²) < 4.78 is 0. The second-order valence-corrected chi connectivity index (χ2v) is 3.81. The highest BCUT2D eigenvalue weighted by Crippen LogP contribution is 2.15. The number of benzene rings is 1. The molecule has 65 valence electrons. The van der Waals surface area contributed by atoms with Crippen molar-refractivity contribution < 1.29 is 0 Å². The Bertz CT molecular complexity index is 259. The zero-order chi connectivity index (χ0) is 9.14. The van der Waals surface area contributed by atoms with Crippen LogP contribution in [0.4, 0.5) is 0 Å². The van der Waals surface area contributed by atoms with Crippen LogP contribution in [0.1, 0.15) is 30.5 Å². The molecule has 1 aromatic rings. The molecule has 0 heterocycles. The van der Waals surface area contributed by atoms with E-state index in [4.69, 9.17) is 0 Å². The minimum absolute atomic E-state index is 1.12. The van der Waals surface area contributed by atoms with Gasteiger partial charge in [0, 0.05) is 0 Å². The smallest absolute Gasteiger partial charge is 0.0219 e. The average Bonchev–Trinajstić information content (AvgIpc) is 1.94. The van der Waals surface area contributed by atoms with E-state index in [1.165, 1.54) is 22.6 Å². The van der Waals surface area contributed by atoms with Crippen molar-refractivity contribution in [3.8, 4) is 0 Å². The molecule has 0 heteroatoms. The first-order chi connectivity index (χ1) is 5.59. The molecule has 0 unspecified atom stereocenters. The van der Waals surface area contributed by atoms with Gasteiger partial charge in [0.1, 0.15) is 0 Å². The molecule has 12 heavy (non-hydrogen) atoms. The third kappa shape index (κ3) is 2.37. The largest absolute Gasteiger partial charge is 0.0591 e. The third-order valence-corrected chi connectivity index (χ3v) is 2.04. The number of hydrogen-bond acceptors (Lipinski definition) is 0. The van der Waals surface area contributed by atoms with E-state index < -0.39 is 0 Å². The first-order valence-electron chi connectivity index (χ1n) is 4.45. The third-order valence-electron chi connectivity index (χ3n) is 2.04. The molecule has 0 nitrogen and oxygen atoms in total. The van der Waals surface area contributed by atoms with Gasteiger partial charge in [-0.05, 0) is 37.3 Å². The molecule has 1 rings (SSSR count). The molecule has 0 aliphatic heterocycles. The van der Waals surface area contributed by atoms with Crippen LogP contribution in [0.2, 0.25) is 0 Å². The van der Waals surface area contributed by atoms with Gasteiger partial charge in [0.05, 0.1) is 0 Å². The van der Waals surface area contributed by atoms with Crippen LogP contribution in [0.5, 0.6) is 0 Å². The lowest BCUT2D eigenvalue weighted by molar-refractivity contribution is 0.946. The molecule has 0 saturated heterocycles. The maximum absolute atomic E-state index is 2.25. The molecular weight excluding hydrogens is 144 g/mol. The molecule has 0 aromatic heterocycles. The fraction of sp³-hybridized carbons (Fsp3) is 0.417. The van der Waals surface area contributed by atoms with E-state index >= 15 is 0 Å². The summed E-state index contributed by atoms with van der Waals surface area (Å²) in [6, 6.07) is 6.67. The molecule has 0 aliphatic carbocycles. The van der Waals surface area contributed by atoms with Crippen LogP contribution >= 0.6 is 0 Å². The summed E-state index contributed by atoms with van der Waals surface area (Å²) in [6.45, 7) is 8.68. The first-order valence-corrected chi connectivity index (χ1v) is 4.45. The average molecular weight is 161 g/mol. The zero-order valence-electron chi connectivity index (χ0n) is 8.44. The van der Waals surface area contributed by atoms with Gasteiger partial charge in [-0.15, -0.1) is 0 Å². The highest BCUT2D eigenvalue weighted by atomic mass is 14.1. The summed E-state index contributed by atoms with van der Waals surface area (Å²) in [5, 5.41) is 0. The fourth-order valence-corrected chi connectivity index (χ4v) is 1.43. The van der Waals surface area contributed by atoms with Crippen LogP contribution in [0.25, 0.3) is 0 Å². The van der Waals surface area contributed by atoms with Gasteiger partial charge in [-0.1, -0.05) is 37.6 Å². The highest BCUT2D eigenvalue weighted by Gasteiger charge is 2.00. The van der Waals surface area contributed by atoms with Crippen molar-refractivity contribution in [2.24, 2.45) is 0 Å². The Kier molecular flexibility index (Phi) is 2.91. The van der Waals surface area contributed by atoms with Crippen molar-refractivity contribution in [2.75, 3.05) is 0 Å². The molecule has 0 amide bonds. The molecule has 0 atom stereocenters. The monoisotopic (exact) mass is 161 g/mol. The second-order valence-electron chi connectivity index (χ2n) is 3.81. The van der Waals surface area contributed by atoms with E-state index in [9.17, 15) is 0 Å². The SMILES string of the molecule is C[C](C)Cc1ccc(C)cc1C. The normalized spacial score (nSPS) is 10.8. The number of aryl methyl sites for hydroxylation is 2. The molecule has 1 aromatic carbocycles. The Morgan fingerprint density at radius 3 is 2.33 bits per heavy atom. The summed E-state index contributed by atoms with van der Waals surface area (Å²) in [5.41, 5.74) is 4.22. The van der Waals surface area contributed by atoms with Gasteiger partial charge in [0.2, 0.25) is 0 Å². The lowest BCUT2D eigenvalue weighted by atomic mass is 9.97. The number of rotatable bonds is 2. The van der Waals surface area contributed by atoms with Crippen LogP contribution in [-0.2, 0) is 6.42 Å². The van der Waals surface area contributed by atoms with Crippen molar-refractivity contribution in [1.82, 2.24) is 0 Å². The predicted molar refractivity (Wildman–Crippen MR) is 54.2 cm³/mol. The van der Waals surface area contributed by atoms with Crippen molar-refractivity contribution in [3.63, 3.8) is 0 Å². The Morgan fingerprint density at radius 2 is 1.83 bits per heavy atom. The van der Waals surface area contributed by atoms with Crippen LogP contribution in [0.3, 0.4) is 0 Å². The van der Waals surface area contributed by atoms with Crippen molar-refractivity contribution in [1.29, 1.82) is 0 Å². The molecule has 0 fully saturated rings. The van der Waals surface area contributed by atoms with Crippen molar-refractivity contribution >= 4 is 0 Å². The molecule has 0 saturated carbocycles.